The van der Waals surface area contributed by atoms with Crippen LogP contribution in [0, 0.1) is 11.3 Å². The molecule has 0 heterocycles. The summed E-state index contributed by atoms with van der Waals surface area (Å²) in [6.45, 7) is 6.45. The molecule has 1 amide bonds. The highest BCUT2D eigenvalue weighted by molar-refractivity contribution is 5.92. The van der Waals surface area contributed by atoms with E-state index in [0.29, 0.717) is 11.0 Å². The Bertz CT molecular complexity index is 426. The van der Waals surface area contributed by atoms with Gasteiger partial charge >= 0.3 is 0 Å². The highest BCUT2D eigenvalue weighted by Crippen LogP contribution is 2.50. The smallest absolute Gasteiger partial charge is 0.248 e. The number of rotatable bonds is 5. The fraction of sp³-hybridized carbons (Fsp3) is 0.500. The minimum absolute atomic E-state index is 0.366. The van der Waals surface area contributed by atoms with Crippen molar-refractivity contribution in [1.29, 1.82) is 0 Å². The number of benzene rings is 1. The zero-order valence-electron chi connectivity index (χ0n) is 10.5. The van der Waals surface area contributed by atoms with Gasteiger partial charge < -0.3 is 11.1 Å². The van der Waals surface area contributed by atoms with E-state index in [1.54, 1.807) is 6.07 Å². The van der Waals surface area contributed by atoms with Crippen molar-refractivity contribution >= 4 is 5.91 Å². The highest BCUT2D eigenvalue weighted by atomic mass is 16.1. The van der Waals surface area contributed by atoms with Crippen LogP contribution in [0.2, 0.25) is 0 Å². The van der Waals surface area contributed by atoms with Crippen LogP contribution in [0.4, 0.5) is 0 Å². The first kappa shape index (κ1) is 12.1. The summed E-state index contributed by atoms with van der Waals surface area (Å²) in [5, 5.41) is 3.43. The van der Waals surface area contributed by atoms with Crippen molar-refractivity contribution in [3.8, 4) is 0 Å². The Morgan fingerprint density at radius 1 is 1.53 bits per heavy atom. The molecule has 2 rings (SSSR count). The lowest BCUT2D eigenvalue weighted by Crippen LogP contribution is -2.18. The fourth-order valence-corrected chi connectivity index (χ4v) is 2.15. The van der Waals surface area contributed by atoms with Crippen molar-refractivity contribution in [2.24, 2.45) is 17.1 Å². The van der Waals surface area contributed by atoms with E-state index >= 15 is 0 Å². The normalized spacial score (nSPS) is 21.2. The summed E-state index contributed by atoms with van der Waals surface area (Å²) in [4.78, 5) is 11.0. The number of nitrogens with two attached hydrogens (primary N) is 1. The van der Waals surface area contributed by atoms with Gasteiger partial charge in [-0.15, -0.1) is 0 Å². The minimum Gasteiger partial charge on any atom is -0.366 e. The summed E-state index contributed by atoms with van der Waals surface area (Å²) < 4.78 is 0. The Labute approximate surface area is 102 Å². The molecule has 0 radical (unpaired) electrons. The van der Waals surface area contributed by atoms with Crippen LogP contribution < -0.4 is 11.1 Å². The standard InChI is InChI=1S/C14H20N2O/c1-14(2)7-12(14)9-16-8-10-4-3-5-11(6-10)13(15)17/h3-6,12,16H,7-9H2,1-2H3,(H2,15,17). The van der Waals surface area contributed by atoms with E-state index in [2.05, 4.69) is 19.2 Å². The Morgan fingerprint density at radius 3 is 2.82 bits per heavy atom. The molecule has 1 unspecified atom stereocenters. The fourth-order valence-electron chi connectivity index (χ4n) is 2.15. The molecule has 0 aliphatic heterocycles. The van der Waals surface area contributed by atoms with Crippen LogP contribution in [-0.2, 0) is 6.54 Å². The number of hydrogen-bond donors (Lipinski definition) is 2. The Hall–Kier alpha value is -1.35. The maximum Gasteiger partial charge on any atom is 0.248 e. The second-order valence-corrected chi connectivity index (χ2v) is 5.59. The van der Waals surface area contributed by atoms with Crippen LogP contribution >= 0.6 is 0 Å². The minimum atomic E-state index is -0.366. The van der Waals surface area contributed by atoms with Gasteiger partial charge in [0.2, 0.25) is 5.91 Å². The third-order valence-corrected chi connectivity index (χ3v) is 3.65. The zero-order chi connectivity index (χ0) is 12.5. The molecule has 1 saturated carbocycles. The average molecular weight is 232 g/mol. The molecule has 1 atom stereocenters. The highest BCUT2D eigenvalue weighted by Gasteiger charge is 2.44. The molecule has 1 aliphatic rings. The predicted molar refractivity (Wildman–Crippen MR) is 68.6 cm³/mol. The zero-order valence-corrected chi connectivity index (χ0v) is 10.5. The first-order valence-electron chi connectivity index (χ1n) is 6.08. The molecule has 1 fully saturated rings. The Kier molecular flexibility index (Phi) is 3.20. The van der Waals surface area contributed by atoms with E-state index < -0.39 is 0 Å². The van der Waals surface area contributed by atoms with Crippen LogP contribution in [0.1, 0.15) is 36.2 Å². The van der Waals surface area contributed by atoms with E-state index in [0.717, 1.165) is 24.6 Å². The second-order valence-electron chi connectivity index (χ2n) is 5.59. The molecule has 0 aromatic heterocycles. The summed E-state index contributed by atoms with van der Waals surface area (Å²) in [6.07, 6.45) is 1.31. The van der Waals surface area contributed by atoms with Crippen molar-refractivity contribution in [3.63, 3.8) is 0 Å². The molecule has 1 aromatic carbocycles. The maximum absolute atomic E-state index is 11.0. The lowest BCUT2D eigenvalue weighted by Gasteiger charge is -2.07. The molecule has 3 N–H and O–H groups in total. The predicted octanol–water partition coefficient (Wildman–Crippen LogP) is 1.92. The third-order valence-electron chi connectivity index (χ3n) is 3.65. The van der Waals surface area contributed by atoms with E-state index in [1.165, 1.54) is 6.42 Å². The average Bonchev–Trinajstić information content (AvgIpc) is 2.87. The summed E-state index contributed by atoms with van der Waals surface area (Å²) >= 11 is 0. The number of hydrogen-bond acceptors (Lipinski definition) is 2. The van der Waals surface area contributed by atoms with Crippen molar-refractivity contribution in [1.82, 2.24) is 5.32 Å². The molecule has 1 aromatic rings. The summed E-state index contributed by atoms with van der Waals surface area (Å²) in [7, 11) is 0. The summed E-state index contributed by atoms with van der Waals surface area (Å²) in [6, 6.07) is 7.48. The summed E-state index contributed by atoms with van der Waals surface area (Å²) in [5.74, 6) is 0.428. The topological polar surface area (TPSA) is 55.1 Å². The number of amides is 1. The maximum atomic E-state index is 11.0. The van der Waals surface area contributed by atoms with E-state index in [9.17, 15) is 4.79 Å². The van der Waals surface area contributed by atoms with Crippen LogP contribution in [0.5, 0.6) is 0 Å². The quantitative estimate of drug-likeness (QED) is 0.815. The first-order valence-corrected chi connectivity index (χ1v) is 6.08. The molecule has 0 spiro atoms. The first-order chi connectivity index (χ1) is 7.99. The van der Waals surface area contributed by atoms with Crippen molar-refractivity contribution < 1.29 is 4.79 Å². The Morgan fingerprint density at radius 2 is 2.24 bits per heavy atom. The summed E-state index contributed by atoms with van der Waals surface area (Å²) in [5.41, 5.74) is 7.45. The van der Waals surface area contributed by atoms with E-state index in [4.69, 9.17) is 5.73 Å². The van der Waals surface area contributed by atoms with Crippen LogP contribution in [0.15, 0.2) is 24.3 Å². The third kappa shape index (κ3) is 3.07. The molecule has 3 nitrogen and oxygen atoms in total. The van der Waals surface area contributed by atoms with Gasteiger partial charge in [-0.3, -0.25) is 4.79 Å². The molecular formula is C14H20N2O. The number of carbonyl (C=O) groups is 1. The van der Waals surface area contributed by atoms with Gasteiger partial charge in [0, 0.05) is 12.1 Å². The van der Waals surface area contributed by atoms with Gasteiger partial charge in [0.25, 0.3) is 0 Å². The lowest BCUT2D eigenvalue weighted by atomic mass is 10.1. The van der Waals surface area contributed by atoms with Crippen molar-refractivity contribution in [3.05, 3.63) is 35.4 Å². The monoisotopic (exact) mass is 232 g/mol. The molecule has 1 aliphatic carbocycles. The number of primary amides is 1. The molecule has 0 bridgehead atoms. The SMILES string of the molecule is CC1(C)CC1CNCc1cccc(C(N)=O)c1. The molecular weight excluding hydrogens is 212 g/mol. The molecule has 92 valence electrons. The van der Waals surface area contributed by atoms with Gasteiger partial charge in [-0.1, -0.05) is 26.0 Å². The van der Waals surface area contributed by atoms with Gasteiger partial charge in [0.1, 0.15) is 0 Å². The van der Waals surface area contributed by atoms with Crippen molar-refractivity contribution in [2.75, 3.05) is 6.54 Å². The van der Waals surface area contributed by atoms with Crippen LogP contribution in [-0.4, -0.2) is 12.5 Å². The second kappa shape index (κ2) is 4.49. The molecule has 17 heavy (non-hydrogen) atoms. The number of nitrogens with one attached hydrogen (secondary N) is 1. The molecule has 0 saturated heterocycles. The Balaban J connectivity index is 1.83. The molecule has 3 heteroatoms. The number of carbonyl (C=O) groups excluding carboxylic acids is 1. The van der Waals surface area contributed by atoms with Gasteiger partial charge in [-0.2, -0.15) is 0 Å². The van der Waals surface area contributed by atoms with Gasteiger partial charge in [-0.25, -0.2) is 0 Å². The lowest BCUT2D eigenvalue weighted by molar-refractivity contribution is 0.1000. The van der Waals surface area contributed by atoms with E-state index in [-0.39, 0.29) is 5.91 Å². The van der Waals surface area contributed by atoms with Crippen molar-refractivity contribution in [2.45, 2.75) is 26.8 Å². The van der Waals surface area contributed by atoms with E-state index in [1.807, 2.05) is 18.2 Å². The van der Waals surface area contributed by atoms with Gasteiger partial charge in [-0.05, 0) is 42.0 Å². The van der Waals surface area contributed by atoms with Crippen LogP contribution in [0.25, 0.3) is 0 Å². The largest absolute Gasteiger partial charge is 0.366 e. The van der Waals surface area contributed by atoms with Gasteiger partial charge in [0.15, 0.2) is 0 Å². The van der Waals surface area contributed by atoms with Gasteiger partial charge in [0.05, 0.1) is 0 Å². The van der Waals surface area contributed by atoms with Crippen LogP contribution in [0.3, 0.4) is 0 Å².